The molecule has 2 atom stereocenters. The first-order valence-electron chi connectivity index (χ1n) is 11.4. The first-order chi connectivity index (χ1) is 15.9. The number of nitrogens with zero attached hydrogens (tertiary/aromatic N) is 3. The van der Waals surface area contributed by atoms with Gasteiger partial charge in [-0.2, -0.15) is 9.78 Å². The van der Waals surface area contributed by atoms with Crippen LogP contribution < -0.4 is 10.3 Å². The van der Waals surface area contributed by atoms with Crippen LogP contribution in [0.15, 0.2) is 69.0 Å². The zero-order valence-corrected chi connectivity index (χ0v) is 21.0. The van der Waals surface area contributed by atoms with E-state index in [9.17, 15) is 4.79 Å². The number of rotatable bonds is 7. The van der Waals surface area contributed by atoms with Crippen molar-refractivity contribution in [3.63, 3.8) is 0 Å². The van der Waals surface area contributed by atoms with E-state index in [1.165, 1.54) is 4.68 Å². The van der Waals surface area contributed by atoms with E-state index in [1.807, 2.05) is 43.3 Å². The van der Waals surface area contributed by atoms with Crippen molar-refractivity contribution in [3.8, 4) is 5.75 Å². The van der Waals surface area contributed by atoms with Crippen molar-refractivity contribution in [1.29, 1.82) is 0 Å². The minimum Gasteiger partial charge on any atom is -0.490 e. The third-order valence-corrected chi connectivity index (χ3v) is 6.52. The lowest BCUT2D eigenvalue weighted by atomic mass is 10.0. The molecule has 1 heterocycles. The fourth-order valence-corrected chi connectivity index (χ4v) is 4.07. The van der Waals surface area contributed by atoms with E-state index in [4.69, 9.17) is 14.8 Å². The van der Waals surface area contributed by atoms with E-state index in [2.05, 4.69) is 48.8 Å². The average molecular weight is 506 g/mol. The van der Waals surface area contributed by atoms with Crippen LogP contribution in [0, 0.1) is 0 Å². The number of benzene rings is 3. The lowest BCUT2D eigenvalue weighted by Crippen LogP contribution is -2.23. The van der Waals surface area contributed by atoms with Gasteiger partial charge in [-0.05, 0) is 54.8 Å². The van der Waals surface area contributed by atoms with Crippen LogP contribution in [0.5, 0.6) is 5.75 Å². The second kappa shape index (κ2) is 9.87. The smallest absolute Gasteiger partial charge is 0.282 e. The predicted octanol–water partition coefficient (Wildman–Crippen LogP) is 6.89. The van der Waals surface area contributed by atoms with Gasteiger partial charge in [0.25, 0.3) is 5.56 Å². The monoisotopic (exact) mass is 505 g/mol. The molecule has 4 rings (SSSR count). The highest BCUT2D eigenvalue weighted by molar-refractivity contribution is 9.10. The van der Waals surface area contributed by atoms with Crippen molar-refractivity contribution in [2.75, 3.05) is 0 Å². The molecular formula is C27H28BrN3O2. The Morgan fingerprint density at radius 3 is 2.61 bits per heavy atom. The zero-order valence-electron chi connectivity index (χ0n) is 19.4. The maximum atomic E-state index is 13.5. The number of hydrogen-bond donors (Lipinski definition) is 0. The van der Waals surface area contributed by atoms with Crippen LogP contribution in [-0.4, -0.2) is 22.0 Å². The summed E-state index contributed by atoms with van der Waals surface area (Å²) in [4.78, 5) is 18.3. The van der Waals surface area contributed by atoms with Crippen LogP contribution in [0.3, 0.4) is 0 Å². The fraction of sp³-hybridized carbons (Fsp3) is 0.296. The first kappa shape index (κ1) is 23.2. The van der Waals surface area contributed by atoms with Crippen LogP contribution in [0.1, 0.15) is 57.8 Å². The summed E-state index contributed by atoms with van der Waals surface area (Å²) >= 11 is 3.46. The lowest BCUT2D eigenvalue weighted by Gasteiger charge is -2.17. The summed E-state index contributed by atoms with van der Waals surface area (Å²) in [6, 6.07) is 17.7. The second-order valence-corrected chi connectivity index (χ2v) is 9.25. The van der Waals surface area contributed by atoms with E-state index < -0.39 is 0 Å². The zero-order chi connectivity index (χ0) is 23.5. The molecule has 33 heavy (non-hydrogen) atoms. The average Bonchev–Trinajstić information content (AvgIpc) is 2.83. The molecule has 0 aliphatic rings. The first-order valence-corrected chi connectivity index (χ1v) is 12.2. The molecule has 6 heteroatoms. The summed E-state index contributed by atoms with van der Waals surface area (Å²) in [7, 11) is 0. The van der Waals surface area contributed by atoms with Crippen molar-refractivity contribution < 1.29 is 4.74 Å². The third kappa shape index (κ3) is 4.71. The highest BCUT2D eigenvalue weighted by atomic mass is 79.9. The van der Waals surface area contributed by atoms with E-state index in [-0.39, 0.29) is 17.6 Å². The van der Waals surface area contributed by atoms with Gasteiger partial charge < -0.3 is 4.74 Å². The van der Waals surface area contributed by atoms with Gasteiger partial charge in [-0.25, -0.2) is 4.98 Å². The molecule has 0 amide bonds. The Balaban J connectivity index is 1.93. The van der Waals surface area contributed by atoms with Crippen molar-refractivity contribution in [1.82, 2.24) is 9.66 Å². The Hall–Kier alpha value is -2.99. The van der Waals surface area contributed by atoms with Gasteiger partial charge in [0.15, 0.2) is 0 Å². The summed E-state index contributed by atoms with van der Waals surface area (Å²) < 4.78 is 8.48. The van der Waals surface area contributed by atoms with Crippen LogP contribution in [-0.2, 0) is 0 Å². The van der Waals surface area contributed by atoms with Gasteiger partial charge in [0, 0.05) is 16.0 Å². The Labute approximate surface area is 202 Å². The topological polar surface area (TPSA) is 56.5 Å². The highest BCUT2D eigenvalue weighted by Crippen LogP contribution is 2.28. The predicted molar refractivity (Wildman–Crippen MR) is 140 cm³/mol. The van der Waals surface area contributed by atoms with E-state index in [1.54, 1.807) is 12.3 Å². The fourth-order valence-electron chi connectivity index (χ4n) is 3.71. The molecule has 0 radical (unpaired) electrons. The van der Waals surface area contributed by atoms with E-state index in [0.717, 1.165) is 39.4 Å². The van der Waals surface area contributed by atoms with Gasteiger partial charge in [-0.1, -0.05) is 67.0 Å². The molecule has 0 bridgehead atoms. The quantitative estimate of drug-likeness (QED) is 0.257. The summed E-state index contributed by atoms with van der Waals surface area (Å²) in [6.07, 6.45) is 3.54. The number of fused-ring (bicyclic) bond motifs is 2. The summed E-state index contributed by atoms with van der Waals surface area (Å²) in [5, 5.41) is 7.33. The second-order valence-electron chi connectivity index (χ2n) is 8.34. The Kier molecular flexibility index (Phi) is 6.94. The molecule has 0 aliphatic carbocycles. The SMILES string of the molecule is CC[C@H](C)Oc1ccc2ccccc2c1C=Nn1c([C@@H](C)CC)nc2ccc(Br)cc2c1=O. The maximum absolute atomic E-state index is 13.5. The molecule has 1 aromatic heterocycles. The Bertz CT molecular complexity index is 1390. The van der Waals surface area contributed by atoms with Crippen molar-refractivity contribution in [2.45, 2.75) is 52.6 Å². The van der Waals surface area contributed by atoms with E-state index >= 15 is 0 Å². The minimum atomic E-state index is -0.183. The van der Waals surface area contributed by atoms with Crippen molar-refractivity contribution in [2.24, 2.45) is 5.10 Å². The number of hydrogen-bond acceptors (Lipinski definition) is 4. The summed E-state index contributed by atoms with van der Waals surface area (Å²) in [5.74, 6) is 1.48. The molecule has 170 valence electrons. The molecule has 0 saturated carbocycles. The van der Waals surface area contributed by atoms with Gasteiger partial charge in [0.05, 0.1) is 23.2 Å². The molecule has 0 saturated heterocycles. The molecule has 0 fully saturated rings. The Morgan fingerprint density at radius 2 is 1.85 bits per heavy atom. The van der Waals surface area contributed by atoms with Crippen molar-refractivity contribution in [3.05, 3.63) is 80.8 Å². The normalized spacial score (nSPS) is 13.6. The Morgan fingerprint density at radius 1 is 1.06 bits per heavy atom. The van der Waals surface area contributed by atoms with Gasteiger partial charge >= 0.3 is 0 Å². The number of ether oxygens (including phenoxy) is 1. The molecule has 0 unspecified atom stereocenters. The lowest BCUT2D eigenvalue weighted by molar-refractivity contribution is 0.217. The standard InChI is InChI=1S/C27H28BrN3O2/c1-5-17(3)26-30-24-13-12-20(28)15-22(24)27(32)31(26)29-16-23-21-10-8-7-9-19(21)11-14-25(23)33-18(4)6-2/h7-18H,5-6H2,1-4H3/t17-,18-/m0/s1. The summed E-state index contributed by atoms with van der Waals surface area (Å²) in [5.41, 5.74) is 1.35. The number of aromatic nitrogens is 2. The maximum Gasteiger partial charge on any atom is 0.282 e. The molecule has 0 spiro atoms. The summed E-state index contributed by atoms with van der Waals surface area (Å²) in [6.45, 7) is 8.29. The van der Waals surface area contributed by atoms with Crippen LogP contribution >= 0.6 is 15.9 Å². The molecule has 0 aliphatic heterocycles. The van der Waals surface area contributed by atoms with Crippen LogP contribution in [0.25, 0.3) is 21.7 Å². The van der Waals surface area contributed by atoms with Gasteiger partial charge in [-0.15, -0.1) is 0 Å². The molecule has 4 aromatic rings. The van der Waals surface area contributed by atoms with Gasteiger partial charge in [0.1, 0.15) is 11.6 Å². The molecule has 3 aromatic carbocycles. The molecule has 5 nitrogen and oxygen atoms in total. The minimum absolute atomic E-state index is 0.0661. The van der Waals surface area contributed by atoms with Crippen LogP contribution in [0.2, 0.25) is 0 Å². The number of halogens is 1. The van der Waals surface area contributed by atoms with Gasteiger partial charge in [0.2, 0.25) is 0 Å². The van der Waals surface area contributed by atoms with Gasteiger partial charge in [-0.3, -0.25) is 4.79 Å². The van der Waals surface area contributed by atoms with Crippen molar-refractivity contribution >= 4 is 43.8 Å². The largest absolute Gasteiger partial charge is 0.490 e. The third-order valence-electron chi connectivity index (χ3n) is 6.02. The highest BCUT2D eigenvalue weighted by Gasteiger charge is 2.16. The molecule has 0 N–H and O–H groups in total. The molecular weight excluding hydrogens is 478 g/mol. The van der Waals surface area contributed by atoms with Crippen LogP contribution in [0.4, 0.5) is 0 Å². The van der Waals surface area contributed by atoms with E-state index in [0.29, 0.717) is 16.7 Å².